The summed E-state index contributed by atoms with van der Waals surface area (Å²) < 4.78 is 0. The van der Waals surface area contributed by atoms with Gasteiger partial charge in [-0.25, -0.2) is 0 Å². The Hall–Kier alpha value is -0.120. The van der Waals surface area contributed by atoms with E-state index < -0.39 is 0 Å². The zero-order valence-electron chi connectivity index (χ0n) is 8.93. The highest BCUT2D eigenvalue weighted by Crippen LogP contribution is 2.24. The van der Waals surface area contributed by atoms with E-state index in [2.05, 4.69) is 36.3 Å². The van der Waals surface area contributed by atoms with Gasteiger partial charge in [-0.1, -0.05) is 0 Å². The maximum atomic E-state index is 3.60. The third-order valence-corrected chi connectivity index (χ3v) is 3.24. The summed E-state index contributed by atoms with van der Waals surface area (Å²) in [5.41, 5.74) is 0.297. The molecular formula is C10H21N3. The summed E-state index contributed by atoms with van der Waals surface area (Å²) in [4.78, 5) is 2.57. The minimum Gasteiger partial charge on any atom is -0.315 e. The molecule has 2 N–H and O–H groups in total. The lowest BCUT2D eigenvalue weighted by atomic mass is 9.97. The number of hydrogen-bond donors (Lipinski definition) is 2. The molecule has 2 aliphatic rings. The molecule has 2 atom stereocenters. The van der Waals surface area contributed by atoms with Gasteiger partial charge in [0.1, 0.15) is 0 Å². The van der Waals surface area contributed by atoms with Crippen LogP contribution in [0.15, 0.2) is 0 Å². The van der Waals surface area contributed by atoms with Crippen molar-refractivity contribution in [3.63, 3.8) is 0 Å². The van der Waals surface area contributed by atoms with E-state index in [0.717, 1.165) is 19.3 Å². The van der Waals surface area contributed by atoms with Crippen molar-refractivity contribution in [2.24, 2.45) is 0 Å². The van der Waals surface area contributed by atoms with Gasteiger partial charge in [-0.3, -0.25) is 10.2 Å². The first-order valence-corrected chi connectivity index (χ1v) is 5.30. The van der Waals surface area contributed by atoms with E-state index in [1.165, 1.54) is 13.0 Å². The van der Waals surface area contributed by atoms with Gasteiger partial charge in [-0.2, -0.15) is 0 Å². The summed E-state index contributed by atoms with van der Waals surface area (Å²) in [5.74, 6) is 0. The van der Waals surface area contributed by atoms with Crippen LogP contribution in [-0.4, -0.2) is 42.3 Å². The van der Waals surface area contributed by atoms with Crippen molar-refractivity contribution in [1.29, 1.82) is 0 Å². The fourth-order valence-corrected chi connectivity index (χ4v) is 2.48. The second-order valence-electron chi connectivity index (χ2n) is 5.17. The lowest BCUT2D eigenvalue weighted by Crippen LogP contribution is -2.54. The van der Waals surface area contributed by atoms with E-state index in [-0.39, 0.29) is 0 Å². The van der Waals surface area contributed by atoms with Crippen molar-refractivity contribution < 1.29 is 0 Å². The van der Waals surface area contributed by atoms with Crippen molar-refractivity contribution in [2.45, 2.75) is 44.8 Å². The van der Waals surface area contributed by atoms with Crippen LogP contribution in [0.1, 0.15) is 27.2 Å². The Morgan fingerprint density at radius 1 is 1.31 bits per heavy atom. The molecule has 3 nitrogen and oxygen atoms in total. The third kappa shape index (κ3) is 1.73. The van der Waals surface area contributed by atoms with Gasteiger partial charge in [0.2, 0.25) is 0 Å². The minimum absolute atomic E-state index is 0.297. The fraction of sp³-hybridized carbons (Fsp3) is 1.00. The van der Waals surface area contributed by atoms with Gasteiger partial charge < -0.3 is 5.32 Å². The largest absolute Gasteiger partial charge is 0.315 e. The molecule has 0 radical (unpaired) electrons. The Bertz CT molecular complexity index is 185. The van der Waals surface area contributed by atoms with Crippen LogP contribution in [0, 0.1) is 0 Å². The zero-order valence-corrected chi connectivity index (χ0v) is 8.93. The maximum Gasteiger partial charge on any atom is 0.0492 e. The first-order chi connectivity index (χ1) is 6.09. The number of piperidine rings is 1. The predicted molar refractivity (Wildman–Crippen MR) is 54.7 cm³/mol. The topological polar surface area (TPSA) is 27.3 Å². The van der Waals surface area contributed by atoms with E-state index >= 15 is 0 Å². The SMILES string of the molecule is CC(C)(C)N1CNC2CCNCC21. The van der Waals surface area contributed by atoms with Crippen LogP contribution < -0.4 is 10.6 Å². The van der Waals surface area contributed by atoms with Crippen LogP contribution in [0.4, 0.5) is 0 Å². The van der Waals surface area contributed by atoms with Crippen molar-refractivity contribution in [3.05, 3.63) is 0 Å². The van der Waals surface area contributed by atoms with Gasteiger partial charge in [0.05, 0.1) is 0 Å². The molecule has 0 saturated carbocycles. The molecule has 0 amide bonds. The van der Waals surface area contributed by atoms with Crippen molar-refractivity contribution >= 4 is 0 Å². The van der Waals surface area contributed by atoms with E-state index in [0.29, 0.717) is 11.6 Å². The van der Waals surface area contributed by atoms with Gasteiger partial charge in [-0.15, -0.1) is 0 Å². The fourth-order valence-electron chi connectivity index (χ4n) is 2.48. The van der Waals surface area contributed by atoms with Crippen molar-refractivity contribution in [1.82, 2.24) is 15.5 Å². The molecule has 0 aliphatic carbocycles. The highest BCUT2D eigenvalue weighted by atomic mass is 15.4. The summed E-state index contributed by atoms with van der Waals surface area (Å²) in [5, 5.41) is 7.08. The molecular weight excluding hydrogens is 162 g/mol. The van der Waals surface area contributed by atoms with Gasteiger partial charge in [-0.05, 0) is 33.7 Å². The van der Waals surface area contributed by atoms with E-state index in [1.807, 2.05) is 0 Å². The minimum atomic E-state index is 0.297. The average Bonchev–Trinajstić information content (AvgIpc) is 2.45. The first kappa shape index (κ1) is 9.44. The molecule has 2 aliphatic heterocycles. The lowest BCUT2D eigenvalue weighted by Gasteiger charge is -2.39. The van der Waals surface area contributed by atoms with Crippen LogP contribution >= 0.6 is 0 Å². The zero-order chi connectivity index (χ0) is 9.47. The molecule has 2 saturated heterocycles. The molecule has 13 heavy (non-hydrogen) atoms. The van der Waals surface area contributed by atoms with Gasteiger partial charge in [0.15, 0.2) is 0 Å². The average molecular weight is 183 g/mol. The number of hydrogen-bond acceptors (Lipinski definition) is 3. The Labute approximate surface area is 80.9 Å². The van der Waals surface area contributed by atoms with Crippen molar-refractivity contribution in [2.75, 3.05) is 19.8 Å². The Morgan fingerprint density at radius 2 is 2.08 bits per heavy atom. The molecule has 0 spiro atoms. The van der Waals surface area contributed by atoms with E-state index in [4.69, 9.17) is 0 Å². The molecule has 2 unspecified atom stereocenters. The van der Waals surface area contributed by atoms with Crippen LogP contribution in [-0.2, 0) is 0 Å². The summed E-state index contributed by atoms with van der Waals surface area (Å²) in [6.45, 7) is 10.3. The van der Waals surface area contributed by atoms with Crippen LogP contribution in [0.25, 0.3) is 0 Å². The predicted octanol–water partition coefficient (Wildman–Crippen LogP) is 0.378. The Morgan fingerprint density at radius 3 is 2.77 bits per heavy atom. The highest BCUT2D eigenvalue weighted by molar-refractivity contribution is 4.99. The summed E-state index contributed by atoms with van der Waals surface area (Å²) in [6, 6.07) is 1.43. The molecule has 2 fully saturated rings. The summed E-state index contributed by atoms with van der Waals surface area (Å²) >= 11 is 0. The molecule has 0 bridgehead atoms. The number of nitrogens with zero attached hydrogens (tertiary/aromatic N) is 1. The summed E-state index contributed by atoms with van der Waals surface area (Å²) in [6.07, 6.45) is 1.28. The second kappa shape index (κ2) is 3.23. The maximum absolute atomic E-state index is 3.60. The smallest absolute Gasteiger partial charge is 0.0492 e. The van der Waals surface area contributed by atoms with Gasteiger partial charge >= 0.3 is 0 Å². The normalized spacial score (nSPS) is 36.2. The van der Waals surface area contributed by atoms with Gasteiger partial charge in [0.25, 0.3) is 0 Å². The number of rotatable bonds is 0. The lowest BCUT2D eigenvalue weighted by molar-refractivity contribution is 0.107. The molecule has 3 heteroatoms. The molecule has 2 heterocycles. The summed E-state index contributed by atoms with van der Waals surface area (Å²) in [7, 11) is 0. The first-order valence-electron chi connectivity index (χ1n) is 5.30. The van der Waals surface area contributed by atoms with Crippen LogP contribution in [0.2, 0.25) is 0 Å². The number of fused-ring (bicyclic) bond motifs is 1. The molecule has 0 aromatic carbocycles. The Balaban J connectivity index is 2.07. The quantitative estimate of drug-likeness (QED) is 0.568. The standard InChI is InChI=1S/C10H21N3/c1-10(2,3)13-7-12-8-4-5-11-6-9(8)13/h8-9,11-12H,4-7H2,1-3H3. The van der Waals surface area contributed by atoms with Crippen LogP contribution in [0.5, 0.6) is 0 Å². The number of nitrogens with one attached hydrogen (secondary N) is 2. The Kier molecular flexibility index (Phi) is 2.34. The van der Waals surface area contributed by atoms with E-state index in [9.17, 15) is 0 Å². The van der Waals surface area contributed by atoms with E-state index in [1.54, 1.807) is 0 Å². The monoisotopic (exact) mass is 183 g/mol. The molecule has 76 valence electrons. The van der Waals surface area contributed by atoms with Crippen LogP contribution in [0.3, 0.4) is 0 Å². The molecule has 2 rings (SSSR count). The molecule has 0 aromatic rings. The van der Waals surface area contributed by atoms with Crippen molar-refractivity contribution in [3.8, 4) is 0 Å². The molecule has 0 aromatic heterocycles. The third-order valence-electron chi connectivity index (χ3n) is 3.24. The second-order valence-corrected chi connectivity index (χ2v) is 5.17. The highest BCUT2D eigenvalue weighted by Gasteiger charge is 2.40. The van der Waals surface area contributed by atoms with Gasteiger partial charge in [0, 0.05) is 30.8 Å².